The molecule has 5 rings (SSSR count). The van der Waals surface area contributed by atoms with Gasteiger partial charge in [0.1, 0.15) is 16.8 Å². The quantitative estimate of drug-likeness (QED) is 0.390. The number of hydrogen-bond donors (Lipinski definition) is 2. The van der Waals surface area contributed by atoms with E-state index in [-0.39, 0.29) is 21.7 Å². The number of nitrogens with one attached hydrogen (secondary N) is 2. The second kappa shape index (κ2) is 6.65. The molecule has 1 aromatic carbocycles. The first-order valence-electron chi connectivity index (χ1n) is 8.49. The molecule has 2 N–H and O–H groups in total. The standard InChI is InChI=1S/C20H10Cl2FN5O/c21-11-2-1-3-12(23)17(11)18-9-6-10(20(29)28-13(9)4-5-24-18)19-26-14-7-16(22)25-8-15(14)27-19/h1-8H,(H,26,27)(H,28,29). The highest BCUT2D eigenvalue weighted by molar-refractivity contribution is 6.33. The Balaban J connectivity index is 1.79. The van der Waals surface area contributed by atoms with E-state index in [1.54, 1.807) is 24.3 Å². The molecule has 0 spiro atoms. The Kier molecular flexibility index (Phi) is 4.08. The smallest absolute Gasteiger partial charge is 0.259 e. The Morgan fingerprint density at radius 2 is 1.86 bits per heavy atom. The van der Waals surface area contributed by atoms with Crippen molar-refractivity contribution in [3.8, 4) is 22.6 Å². The predicted octanol–water partition coefficient (Wildman–Crippen LogP) is 4.97. The van der Waals surface area contributed by atoms with Gasteiger partial charge >= 0.3 is 0 Å². The van der Waals surface area contributed by atoms with E-state index < -0.39 is 5.82 Å². The third-order valence-electron chi connectivity index (χ3n) is 4.56. The molecule has 29 heavy (non-hydrogen) atoms. The van der Waals surface area contributed by atoms with Crippen LogP contribution in [0, 0.1) is 5.82 Å². The number of rotatable bonds is 2. The Morgan fingerprint density at radius 3 is 2.69 bits per heavy atom. The number of imidazole rings is 1. The van der Waals surface area contributed by atoms with Crippen LogP contribution in [0.5, 0.6) is 0 Å². The molecule has 9 heteroatoms. The van der Waals surface area contributed by atoms with Crippen molar-refractivity contribution in [2.45, 2.75) is 0 Å². The number of hydrogen-bond acceptors (Lipinski definition) is 4. The molecule has 4 heterocycles. The number of H-pyrrole nitrogens is 2. The maximum atomic E-state index is 14.5. The van der Waals surface area contributed by atoms with Crippen molar-refractivity contribution in [3.05, 3.63) is 75.1 Å². The first-order chi connectivity index (χ1) is 14.0. The number of benzene rings is 1. The van der Waals surface area contributed by atoms with Crippen LogP contribution < -0.4 is 5.56 Å². The second-order valence-electron chi connectivity index (χ2n) is 6.34. The van der Waals surface area contributed by atoms with E-state index in [2.05, 4.69) is 24.9 Å². The van der Waals surface area contributed by atoms with Crippen LogP contribution in [0.3, 0.4) is 0 Å². The predicted molar refractivity (Wildman–Crippen MR) is 111 cm³/mol. The van der Waals surface area contributed by atoms with Gasteiger partial charge < -0.3 is 9.97 Å². The number of aromatic amines is 2. The van der Waals surface area contributed by atoms with Gasteiger partial charge in [0, 0.05) is 17.6 Å². The topological polar surface area (TPSA) is 87.3 Å². The molecule has 0 fully saturated rings. The second-order valence-corrected chi connectivity index (χ2v) is 7.13. The SMILES string of the molecule is O=c1[nH]c2ccnc(-c3c(F)cccc3Cl)c2cc1-c1nc2cc(Cl)ncc2[nH]1. The molecule has 0 unspecified atom stereocenters. The van der Waals surface area contributed by atoms with E-state index in [0.29, 0.717) is 38.6 Å². The number of pyridine rings is 3. The average molecular weight is 426 g/mol. The summed E-state index contributed by atoms with van der Waals surface area (Å²) >= 11 is 12.1. The number of fused-ring (bicyclic) bond motifs is 2. The largest absolute Gasteiger partial charge is 0.337 e. The van der Waals surface area contributed by atoms with Gasteiger partial charge in [0.25, 0.3) is 5.56 Å². The lowest BCUT2D eigenvalue weighted by Crippen LogP contribution is -2.10. The van der Waals surface area contributed by atoms with Crippen LogP contribution in [-0.4, -0.2) is 24.9 Å². The molecule has 4 aromatic heterocycles. The Labute approximate surface area is 172 Å². The molecule has 0 radical (unpaired) electrons. The monoisotopic (exact) mass is 425 g/mol. The lowest BCUT2D eigenvalue weighted by molar-refractivity contribution is 0.631. The zero-order valence-corrected chi connectivity index (χ0v) is 16.0. The van der Waals surface area contributed by atoms with Crippen LogP contribution >= 0.6 is 23.2 Å². The molecule has 0 saturated heterocycles. The van der Waals surface area contributed by atoms with Crippen molar-refractivity contribution in [1.82, 2.24) is 24.9 Å². The first kappa shape index (κ1) is 17.8. The van der Waals surface area contributed by atoms with Gasteiger partial charge in [-0.2, -0.15) is 0 Å². The van der Waals surface area contributed by atoms with Crippen molar-refractivity contribution in [2.24, 2.45) is 0 Å². The van der Waals surface area contributed by atoms with Crippen molar-refractivity contribution >= 4 is 45.1 Å². The number of aromatic nitrogens is 5. The van der Waals surface area contributed by atoms with Gasteiger partial charge in [0.15, 0.2) is 0 Å². The maximum absolute atomic E-state index is 14.5. The van der Waals surface area contributed by atoms with Crippen LogP contribution in [0.25, 0.3) is 44.6 Å². The summed E-state index contributed by atoms with van der Waals surface area (Å²) in [6.07, 6.45) is 3.03. The molecule has 0 aliphatic rings. The molecule has 5 aromatic rings. The van der Waals surface area contributed by atoms with E-state index in [9.17, 15) is 9.18 Å². The van der Waals surface area contributed by atoms with E-state index in [4.69, 9.17) is 23.2 Å². The van der Waals surface area contributed by atoms with Crippen LogP contribution in [0.2, 0.25) is 10.2 Å². The fourth-order valence-corrected chi connectivity index (χ4v) is 3.64. The molecule has 0 atom stereocenters. The number of halogens is 3. The zero-order chi connectivity index (χ0) is 20.1. The van der Waals surface area contributed by atoms with E-state index in [0.717, 1.165) is 0 Å². The van der Waals surface area contributed by atoms with Crippen molar-refractivity contribution in [3.63, 3.8) is 0 Å². The molecule has 142 valence electrons. The van der Waals surface area contributed by atoms with E-state index in [1.807, 2.05) is 0 Å². The van der Waals surface area contributed by atoms with Crippen LogP contribution in [0.4, 0.5) is 4.39 Å². The highest BCUT2D eigenvalue weighted by Gasteiger charge is 2.17. The summed E-state index contributed by atoms with van der Waals surface area (Å²) in [4.78, 5) is 31.3. The minimum Gasteiger partial charge on any atom is -0.337 e. The van der Waals surface area contributed by atoms with Gasteiger partial charge in [0.2, 0.25) is 0 Å². The Bertz CT molecular complexity index is 1460. The molecule has 0 bridgehead atoms. The molecule has 0 aliphatic carbocycles. The van der Waals surface area contributed by atoms with Gasteiger partial charge in [-0.25, -0.2) is 14.4 Å². The van der Waals surface area contributed by atoms with Gasteiger partial charge in [-0.3, -0.25) is 9.78 Å². The zero-order valence-electron chi connectivity index (χ0n) is 14.5. The summed E-state index contributed by atoms with van der Waals surface area (Å²) in [5.41, 5.74) is 2.11. The highest BCUT2D eigenvalue weighted by Crippen LogP contribution is 2.34. The Hall–Kier alpha value is -3.29. The van der Waals surface area contributed by atoms with Crippen molar-refractivity contribution < 1.29 is 4.39 Å². The summed E-state index contributed by atoms with van der Waals surface area (Å²) in [6.45, 7) is 0. The fourth-order valence-electron chi connectivity index (χ4n) is 3.24. The Morgan fingerprint density at radius 1 is 1.00 bits per heavy atom. The molecular weight excluding hydrogens is 416 g/mol. The summed E-state index contributed by atoms with van der Waals surface area (Å²) in [6, 6.07) is 9.27. The lowest BCUT2D eigenvalue weighted by atomic mass is 10.0. The number of nitrogens with zero attached hydrogens (tertiary/aromatic N) is 3. The summed E-state index contributed by atoms with van der Waals surface area (Å²) in [5, 5.41) is 1.05. The molecule has 0 aliphatic heterocycles. The normalized spacial score (nSPS) is 11.4. The van der Waals surface area contributed by atoms with Gasteiger partial charge in [-0.1, -0.05) is 29.3 Å². The summed E-state index contributed by atoms with van der Waals surface area (Å²) < 4.78 is 14.5. The average Bonchev–Trinajstić information content (AvgIpc) is 3.10. The third-order valence-corrected chi connectivity index (χ3v) is 5.08. The molecule has 0 saturated carbocycles. The van der Waals surface area contributed by atoms with Crippen LogP contribution in [-0.2, 0) is 0 Å². The highest BCUT2D eigenvalue weighted by atomic mass is 35.5. The maximum Gasteiger partial charge on any atom is 0.259 e. The summed E-state index contributed by atoms with van der Waals surface area (Å²) in [7, 11) is 0. The van der Waals surface area contributed by atoms with Crippen LogP contribution in [0.1, 0.15) is 0 Å². The minimum atomic E-state index is -0.505. The van der Waals surface area contributed by atoms with Gasteiger partial charge in [0.05, 0.1) is 44.6 Å². The minimum absolute atomic E-state index is 0.165. The van der Waals surface area contributed by atoms with Gasteiger partial charge in [-0.15, -0.1) is 0 Å². The van der Waals surface area contributed by atoms with Crippen LogP contribution in [0.15, 0.2) is 53.6 Å². The van der Waals surface area contributed by atoms with Crippen molar-refractivity contribution in [1.29, 1.82) is 0 Å². The lowest BCUT2D eigenvalue weighted by Gasteiger charge is -2.09. The first-order valence-corrected chi connectivity index (χ1v) is 9.25. The molecule has 6 nitrogen and oxygen atoms in total. The van der Waals surface area contributed by atoms with Crippen molar-refractivity contribution in [2.75, 3.05) is 0 Å². The van der Waals surface area contributed by atoms with E-state index >= 15 is 0 Å². The summed E-state index contributed by atoms with van der Waals surface area (Å²) in [5.74, 6) is -0.170. The van der Waals surface area contributed by atoms with Gasteiger partial charge in [-0.05, 0) is 24.3 Å². The molecule has 0 amide bonds. The fraction of sp³-hybridized carbons (Fsp3) is 0. The van der Waals surface area contributed by atoms with E-state index in [1.165, 1.54) is 24.5 Å². The third kappa shape index (κ3) is 2.95. The molecular formula is C20H10Cl2FN5O.